The van der Waals surface area contributed by atoms with E-state index in [0.717, 1.165) is 11.1 Å². The van der Waals surface area contributed by atoms with Gasteiger partial charge >= 0.3 is 12.4 Å². The second-order valence-electron chi connectivity index (χ2n) is 9.28. The second kappa shape index (κ2) is 9.64. The van der Waals surface area contributed by atoms with Gasteiger partial charge in [-0.2, -0.15) is 26.3 Å². The molecular formula is C25H25F6N3O3. The lowest BCUT2D eigenvalue weighted by atomic mass is 9.93. The highest BCUT2D eigenvalue weighted by Crippen LogP contribution is 2.40. The van der Waals surface area contributed by atoms with Gasteiger partial charge in [0.2, 0.25) is 11.8 Å². The first-order valence-corrected chi connectivity index (χ1v) is 11.5. The average molecular weight is 529 g/mol. The number of rotatable bonds is 4. The van der Waals surface area contributed by atoms with E-state index >= 15 is 0 Å². The van der Waals surface area contributed by atoms with Crippen molar-refractivity contribution in [3.05, 3.63) is 58.7 Å². The van der Waals surface area contributed by atoms with Gasteiger partial charge < -0.3 is 15.0 Å². The molecule has 0 spiro atoms. The molecule has 37 heavy (non-hydrogen) atoms. The molecule has 0 aliphatic carbocycles. The Balaban J connectivity index is 1.74. The number of halogens is 6. The minimum atomic E-state index is -5.06. The zero-order chi connectivity index (χ0) is 27.2. The Hall–Kier alpha value is -3.12. The predicted molar refractivity (Wildman–Crippen MR) is 123 cm³/mol. The summed E-state index contributed by atoms with van der Waals surface area (Å²) in [5.41, 5.74) is -3.07. The van der Waals surface area contributed by atoms with Crippen molar-refractivity contribution in [1.82, 2.24) is 4.90 Å². The van der Waals surface area contributed by atoms with Gasteiger partial charge in [0.25, 0.3) is 0 Å². The summed E-state index contributed by atoms with van der Waals surface area (Å²) in [6, 6.07) is 6.36. The third-order valence-electron chi connectivity index (χ3n) is 6.76. The molecule has 0 bridgehead atoms. The molecular weight excluding hydrogens is 504 g/mol. The molecule has 1 N–H and O–H groups in total. The quantitative estimate of drug-likeness (QED) is 0.579. The number of para-hydroxylation sites is 1. The second-order valence-corrected chi connectivity index (χ2v) is 9.28. The zero-order valence-corrected chi connectivity index (χ0v) is 20.1. The van der Waals surface area contributed by atoms with Gasteiger partial charge in [0.1, 0.15) is 5.54 Å². The van der Waals surface area contributed by atoms with Crippen molar-refractivity contribution in [2.24, 2.45) is 0 Å². The van der Waals surface area contributed by atoms with Crippen LogP contribution in [0, 0.1) is 13.8 Å². The SMILES string of the molecule is Cc1cccc(C)c1N1CC(C(=O)Nc2cc(C(F)(F)F)cc(C(F)(F)F)c2)(N2CCOCC2)CC1=O. The topological polar surface area (TPSA) is 61.9 Å². The van der Waals surface area contributed by atoms with E-state index in [1.165, 1.54) is 4.90 Å². The first kappa shape index (κ1) is 26.9. The summed E-state index contributed by atoms with van der Waals surface area (Å²) in [6.45, 7) is 4.55. The first-order chi connectivity index (χ1) is 17.2. The van der Waals surface area contributed by atoms with Gasteiger partial charge in [0.15, 0.2) is 0 Å². The van der Waals surface area contributed by atoms with Crippen LogP contribution in [0.3, 0.4) is 0 Å². The van der Waals surface area contributed by atoms with E-state index in [1.807, 2.05) is 32.0 Å². The van der Waals surface area contributed by atoms with Crippen LogP contribution >= 0.6 is 0 Å². The van der Waals surface area contributed by atoms with Crippen LogP contribution in [0.2, 0.25) is 0 Å². The van der Waals surface area contributed by atoms with Gasteiger partial charge in [-0.05, 0) is 43.2 Å². The number of anilines is 2. The Morgan fingerprint density at radius 3 is 2.00 bits per heavy atom. The van der Waals surface area contributed by atoms with Gasteiger partial charge in [-0.25, -0.2) is 0 Å². The fraction of sp³-hybridized carbons (Fsp3) is 0.440. The molecule has 2 saturated heterocycles. The summed E-state index contributed by atoms with van der Waals surface area (Å²) in [7, 11) is 0. The van der Waals surface area contributed by atoms with Crippen molar-refractivity contribution in [3.8, 4) is 0 Å². The number of ether oxygens (including phenoxy) is 1. The maximum Gasteiger partial charge on any atom is 0.416 e. The maximum atomic E-state index is 13.7. The Kier molecular flexibility index (Phi) is 7.02. The van der Waals surface area contributed by atoms with Gasteiger partial charge in [0.05, 0.1) is 37.3 Å². The fourth-order valence-electron chi connectivity index (χ4n) is 4.96. The lowest BCUT2D eigenvalue weighted by Crippen LogP contribution is -2.61. The summed E-state index contributed by atoms with van der Waals surface area (Å²) in [4.78, 5) is 30.2. The van der Waals surface area contributed by atoms with E-state index in [9.17, 15) is 35.9 Å². The lowest BCUT2D eigenvalue weighted by Gasteiger charge is -2.41. The fourth-order valence-corrected chi connectivity index (χ4v) is 4.96. The minimum absolute atomic E-state index is 0.00478. The van der Waals surface area contributed by atoms with Crippen LogP contribution in [0.1, 0.15) is 28.7 Å². The van der Waals surface area contributed by atoms with Crippen LogP contribution in [0.5, 0.6) is 0 Å². The molecule has 200 valence electrons. The summed E-state index contributed by atoms with van der Waals surface area (Å²) in [6.07, 6.45) is -10.4. The molecule has 0 radical (unpaired) electrons. The number of nitrogens with one attached hydrogen (secondary N) is 1. The minimum Gasteiger partial charge on any atom is -0.379 e. The molecule has 2 aliphatic heterocycles. The number of carbonyl (C=O) groups is 2. The number of aryl methyl sites for hydroxylation is 2. The van der Waals surface area contributed by atoms with Crippen LogP contribution < -0.4 is 10.2 Å². The highest BCUT2D eigenvalue weighted by atomic mass is 19.4. The van der Waals surface area contributed by atoms with Crippen LogP contribution in [0.15, 0.2) is 36.4 Å². The molecule has 2 heterocycles. The van der Waals surface area contributed by atoms with Gasteiger partial charge in [0, 0.05) is 24.5 Å². The van der Waals surface area contributed by atoms with E-state index in [2.05, 4.69) is 5.32 Å². The zero-order valence-electron chi connectivity index (χ0n) is 20.1. The van der Waals surface area contributed by atoms with Crippen LogP contribution in [0.25, 0.3) is 0 Å². The Bertz CT molecular complexity index is 1150. The molecule has 6 nitrogen and oxygen atoms in total. The molecule has 2 amide bonds. The highest BCUT2D eigenvalue weighted by molar-refractivity contribution is 6.09. The third-order valence-corrected chi connectivity index (χ3v) is 6.76. The van der Waals surface area contributed by atoms with Crippen molar-refractivity contribution in [2.45, 2.75) is 38.2 Å². The van der Waals surface area contributed by atoms with Crippen molar-refractivity contribution in [3.63, 3.8) is 0 Å². The van der Waals surface area contributed by atoms with Crippen LogP contribution in [-0.2, 0) is 26.7 Å². The van der Waals surface area contributed by atoms with E-state index in [0.29, 0.717) is 17.8 Å². The monoisotopic (exact) mass is 529 g/mol. The Morgan fingerprint density at radius 1 is 0.946 bits per heavy atom. The lowest BCUT2D eigenvalue weighted by molar-refractivity contribution is -0.143. The molecule has 1 unspecified atom stereocenters. The van der Waals surface area contributed by atoms with E-state index in [-0.39, 0.29) is 51.2 Å². The molecule has 2 aromatic carbocycles. The number of carbonyl (C=O) groups excluding carboxylic acids is 2. The van der Waals surface area contributed by atoms with Crippen molar-refractivity contribution in [2.75, 3.05) is 43.1 Å². The number of morpholine rings is 1. The normalized spacial score (nSPS) is 21.4. The van der Waals surface area contributed by atoms with Gasteiger partial charge in [-0.3, -0.25) is 14.5 Å². The van der Waals surface area contributed by atoms with Crippen molar-refractivity contribution in [1.29, 1.82) is 0 Å². The van der Waals surface area contributed by atoms with E-state index < -0.39 is 40.6 Å². The van der Waals surface area contributed by atoms with Crippen LogP contribution in [0.4, 0.5) is 37.7 Å². The number of benzene rings is 2. The molecule has 12 heteroatoms. The number of hydrogen-bond acceptors (Lipinski definition) is 4. The molecule has 1 atom stereocenters. The van der Waals surface area contributed by atoms with Crippen molar-refractivity contribution >= 4 is 23.2 Å². The first-order valence-electron chi connectivity index (χ1n) is 11.5. The summed E-state index contributed by atoms with van der Waals surface area (Å²) >= 11 is 0. The molecule has 2 fully saturated rings. The molecule has 2 aromatic rings. The van der Waals surface area contributed by atoms with Gasteiger partial charge in [-0.1, -0.05) is 18.2 Å². The van der Waals surface area contributed by atoms with Crippen LogP contribution in [-0.4, -0.2) is 55.1 Å². The van der Waals surface area contributed by atoms with E-state index in [1.54, 1.807) is 4.90 Å². The smallest absolute Gasteiger partial charge is 0.379 e. The molecule has 0 saturated carbocycles. The summed E-state index contributed by atoms with van der Waals surface area (Å²) in [5.74, 6) is -1.23. The van der Waals surface area contributed by atoms with E-state index in [4.69, 9.17) is 4.74 Å². The third kappa shape index (κ3) is 5.30. The number of alkyl halides is 6. The standard InChI is InChI=1S/C25H25F6N3O3/c1-15-4-3-5-16(2)21(15)34-14-23(13-20(34)35,33-6-8-37-9-7-33)22(36)32-19-11-17(24(26,27)28)10-18(12-19)25(29,30)31/h3-5,10-12H,6-9,13-14H2,1-2H3,(H,32,36). The largest absolute Gasteiger partial charge is 0.416 e. The number of nitrogens with zero attached hydrogens (tertiary/aromatic N) is 2. The summed E-state index contributed by atoms with van der Waals surface area (Å²) in [5, 5.41) is 2.27. The maximum absolute atomic E-state index is 13.7. The molecule has 2 aliphatic rings. The Morgan fingerprint density at radius 2 is 1.49 bits per heavy atom. The number of hydrogen-bond donors (Lipinski definition) is 1. The summed E-state index contributed by atoms with van der Waals surface area (Å²) < 4.78 is 85.5. The predicted octanol–water partition coefficient (Wildman–Crippen LogP) is 4.79. The highest BCUT2D eigenvalue weighted by Gasteiger charge is 2.54. The number of amides is 2. The molecule has 0 aromatic heterocycles. The van der Waals surface area contributed by atoms with Crippen molar-refractivity contribution < 1.29 is 40.7 Å². The molecule has 4 rings (SSSR count). The van der Waals surface area contributed by atoms with Gasteiger partial charge in [-0.15, -0.1) is 0 Å². The average Bonchev–Trinajstić information content (AvgIpc) is 3.16. The Labute approximate surface area is 209 Å².